The molecule has 72 valence electrons. The molecule has 0 aliphatic rings. The predicted molar refractivity (Wildman–Crippen MR) is 56.0 cm³/mol. The van der Waals surface area contributed by atoms with Gasteiger partial charge in [0, 0.05) is 6.20 Å². The molecule has 6 heteroatoms. The largest absolute Gasteiger partial charge is 0.366 e. The van der Waals surface area contributed by atoms with Crippen LogP contribution in [0.3, 0.4) is 0 Å². The van der Waals surface area contributed by atoms with E-state index in [1.54, 1.807) is 10.9 Å². The van der Waals surface area contributed by atoms with E-state index < -0.39 is 0 Å². The fourth-order valence-corrected chi connectivity index (χ4v) is 1.53. The Labute approximate surface area is 89.1 Å². The van der Waals surface area contributed by atoms with Crippen LogP contribution in [-0.2, 0) is 0 Å². The SMILES string of the molecule is Cc1ccnc(-n2nc(N)nc2Br)c1. The van der Waals surface area contributed by atoms with Crippen LogP contribution in [0.1, 0.15) is 5.56 Å². The number of hydrogen-bond acceptors (Lipinski definition) is 4. The summed E-state index contributed by atoms with van der Waals surface area (Å²) in [5.41, 5.74) is 6.56. The molecule has 2 aromatic heterocycles. The molecule has 0 amide bonds. The predicted octanol–water partition coefficient (Wildman–Crippen LogP) is 1.32. The van der Waals surface area contributed by atoms with Crippen LogP contribution >= 0.6 is 15.9 Å². The molecule has 5 nitrogen and oxygen atoms in total. The molecular weight excluding hydrogens is 246 g/mol. The molecule has 2 N–H and O–H groups in total. The quantitative estimate of drug-likeness (QED) is 0.833. The third-order valence-corrected chi connectivity index (χ3v) is 2.22. The summed E-state index contributed by atoms with van der Waals surface area (Å²) < 4.78 is 2.09. The first kappa shape index (κ1) is 9.14. The van der Waals surface area contributed by atoms with E-state index in [9.17, 15) is 0 Å². The van der Waals surface area contributed by atoms with Crippen molar-refractivity contribution in [2.24, 2.45) is 0 Å². The average Bonchev–Trinajstić information content (AvgIpc) is 2.45. The van der Waals surface area contributed by atoms with Crippen LogP contribution in [-0.4, -0.2) is 19.7 Å². The zero-order valence-electron chi connectivity index (χ0n) is 7.48. The fraction of sp³-hybridized carbons (Fsp3) is 0.125. The van der Waals surface area contributed by atoms with Gasteiger partial charge in [0.1, 0.15) is 0 Å². The van der Waals surface area contributed by atoms with Crippen molar-refractivity contribution in [1.82, 2.24) is 19.7 Å². The molecule has 0 radical (unpaired) electrons. The lowest BCUT2D eigenvalue weighted by molar-refractivity contribution is 0.826. The van der Waals surface area contributed by atoms with Gasteiger partial charge >= 0.3 is 0 Å². The zero-order chi connectivity index (χ0) is 10.1. The maximum Gasteiger partial charge on any atom is 0.240 e. The summed E-state index contributed by atoms with van der Waals surface area (Å²) in [6, 6.07) is 3.82. The Morgan fingerprint density at radius 3 is 2.86 bits per heavy atom. The van der Waals surface area contributed by atoms with Crippen molar-refractivity contribution in [1.29, 1.82) is 0 Å². The Bertz CT molecular complexity index is 465. The second kappa shape index (κ2) is 3.38. The second-order valence-corrected chi connectivity index (χ2v) is 3.55. The minimum atomic E-state index is 0.222. The molecule has 0 saturated carbocycles. The summed E-state index contributed by atoms with van der Waals surface area (Å²) in [6.45, 7) is 1.99. The summed E-state index contributed by atoms with van der Waals surface area (Å²) in [4.78, 5) is 8.08. The highest BCUT2D eigenvalue weighted by molar-refractivity contribution is 9.10. The molecule has 0 unspecified atom stereocenters. The third kappa shape index (κ3) is 1.60. The molecule has 2 rings (SSSR count). The summed E-state index contributed by atoms with van der Waals surface area (Å²) in [7, 11) is 0. The minimum absolute atomic E-state index is 0.222. The number of hydrogen-bond donors (Lipinski definition) is 1. The van der Waals surface area contributed by atoms with Crippen LogP contribution < -0.4 is 5.73 Å². The van der Waals surface area contributed by atoms with Crippen LogP contribution in [0, 0.1) is 6.92 Å². The van der Waals surface area contributed by atoms with Crippen LogP contribution in [0.15, 0.2) is 23.1 Å². The first-order chi connectivity index (χ1) is 6.66. The Kier molecular flexibility index (Phi) is 2.20. The normalized spacial score (nSPS) is 10.4. The van der Waals surface area contributed by atoms with Crippen molar-refractivity contribution in [3.8, 4) is 5.82 Å². The molecule has 2 aromatic rings. The van der Waals surface area contributed by atoms with Gasteiger partial charge in [0.05, 0.1) is 0 Å². The van der Waals surface area contributed by atoms with Gasteiger partial charge in [0.2, 0.25) is 10.7 Å². The number of nitrogen functional groups attached to an aromatic ring is 1. The van der Waals surface area contributed by atoms with Gasteiger partial charge in [-0.2, -0.15) is 9.67 Å². The van der Waals surface area contributed by atoms with Crippen molar-refractivity contribution in [2.75, 3.05) is 5.73 Å². The van der Waals surface area contributed by atoms with Gasteiger partial charge in [-0.15, -0.1) is 5.10 Å². The number of nitrogens with zero attached hydrogens (tertiary/aromatic N) is 4. The highest BCUT2D eigenvalue weighted by atomic mass is 79.9. The zero-order valence-corrected chi connectivity index (χ0v) is 9.06. The van der Waals surface area contributed by atoms with Crippen LogP contribution in [0.25, 0.3) is 5.82 Å². The maximum absolute atomic E-state index is 5.45. The second-order valence-electron chi connectivity index (χ2n) is 2.84. The van der Waals surface area contributed by atoms with E-state index in [4.69, 9.17) is 5.73 Å². The Balaban J connectivity index is 2.54. The van der Waals surface area contributed by atoms with Crippen molar-refractivity contribution >= 4 is 21.9 Å². The molecule has 0 spiro atoms. The molecule has 0 aliphatic heterocycles. The molecule has 0 aliphatic carbocycles. The monoisotopic (exact) mass is 253 g/mol. The lowest BCUT2D eigenvalue weighted by Crippen LogP contribution is -2.00. The number of pyridine rings is 1. The summed E-state index contributed by atoms with van der Waals surface area (Å²) in [5.74, 6) is 0.918. The van der Waals surface area contributed by atoms with Gasteiger partial charge in [0.15, 0.2) is 5.82 Å². The Morgan fingerprint density at radius 2 is 2.29 bits per heavy atom. The standard InChI is InChI=1S/C8H8BrN5/c1-5-2-3-11-6(4-5)14-7(9)12-8(10)13-14/h2-4H,1H3,(H2,10,13). The summed E-state index contributed by atoms with van der Waals surface area (Å²) >= 11 is 3.25. The number of rotatable bonds is 1. The highest BCUT2D eigenvalue weighted by Crippen LogP contribution is 2.14. The van der Waals surface area contributed by atoms with Crippen molar-refractivity contribution < 1.29 is 0 Å². The number of halogens is 1. The van der Waals surface area contributed by atoms with Gasteiger partial charge in [-0.25, -0.2) is 4.98 Å². The molecule has 0 bridgehead atoms. The Morgan fingerprint density at radius 1 is 1.50 bits per heavy atom. The van der Waals surface area contributed by atoms with Gasteiger partial charge in [-0.1, -0.05) is 0 Å². The fourth-order valence-electron chi connectivity index (χ4n) is 1.09. The van der Waals surface area contributed by atoms with Crippen molar-refractivity contribution in [3.05, 3.63) is 28.6 Å². The molecule has 0 fully saturated rings. The van der Waals surface area contributed by atoms with E-state index in [2.05, 4.69) is 31.0 Å². The van der Waals surface area contributed by atoms with Gasteiger partial charge < -0.3 is 5.73 Å². The summed E-state index contributed by atoms with van der Waals surface area (Å²) in [5, 5.41) is 4.00. The molecular formula is C8H8BrN5. The van der Waals surface area contributed by atoms with Gasteiger partial charge in [0.25, 0.3) is 0 Å². The van der Waals surface area contributed by atoms with Gasteiger partial charge in [-0.05, 0) is 40.5 Å². The van der Waals surface area contributed by atoms with E-state index in [0.29, 0.717) is 10.6 Å². The maximum atomic E-state index is 5.45. The van der Waals surface area contributed by atoms with Crippen LogP contribution in [0.2, 0.25) is 0 Å². The number of anilines is 1. The van der Waals surface area contributed by atoms with Crippen molar-refractivity contribution in [2.45, 2.75) is 6.92 Å². The smallest absolute Gasteiger partial charge is 0.240 e. The van der Waals surface area contributed by atoms with E-state index >= 15 is 0 Å². The van der Waals surface area contributed by atoms with E-state index in [0.717, 1.165) is 5.56 Å². The number of nitrogens with two attached hydrogens (primary N) is 1. The molecule has 0 aromatic carbocycles. The minimum Gasteiger partial charge on any atom is -0.366 e. The van der Waals surface area contributed by atoms with E-state index in [1.807, 2.05) is 19.1 Å². The number of aryl methyl sites for hydroxylation is 1. The summed E-state index contributed by atoms with van der Waals surface area (Å²) in [6.07, 6.45) is 1.72. The average molecular weight is 254 g/mol. The highest BCUT2D eigenvalue weighted by Gasteiger charge is 2.07. The third-order valence-electron chi connectivity index (χ3n) is 1.70. The van der Waals surface area contributed by atoms with Crippen LogP contribution in [0.5, 0.6) is 0 Å². The van der Waals surface area contributed by atoms with E-state index in [1.165, 1.54) is 0 Å². The van der Waals surface area contributed by atoms with Gasteiger partial charge in [-0.3, -0.25) is 0 Å². The van der Waals surface area contributed by atoms with Crippen molar-refractivity contribution in [3.63, 3.8) is 0 Å². The number of aromatic nitrogens is 4. The first-order valence-electron chi connectivity index (χ1n) is 3.98. The molecule has 0 saturated heterocycles. The molecule has 0 atom stereocenters. The molecule has 14 heavy (non-hydrogen) atoms. The lowest BCUT2D eigenvalue weighted by atomic mass is 10.3. The lowest BCUT2D eigenvalue weighted by Gasteiger charge is -2.00. The Hall–Kier alpha value is -1.43. The van der Waals surface area contributed by atoms with Crippen LogP contribution in [0.4, 0.5) is 5.95 Å². The molecule has 2 heterocycles. The topological polar surface area (TPSA) is 69.6 Å². The van der Waals surface area contributed by atoms with E-state index in [-0.39, 0.29) is 5.95 Å². The first-order valence-corrected chi connectivity index (χ1v) is 4.77.